The van der Waals surface area contributed by atoms with E-state index in [1.165, 1.54) is 0 Å². The van der Waals surface area contributed by atoms with Crippen LogP contribution in [-0.4, -0.2) is 48.7 Å². The molecule has 1 aromatic carbocycles. The molecule has 1 N–H and O–H groups in total. The molecule has 0 fully saturated rings. The van der Waals surface area contributed by atoms with Crippen molar-refractivity contribution in [1.82, 2.24) is 4.72 Å². The van der Waals surface area contributed by atoms with E-state index < -0.39 is 30.6 Å². The summed E-state index contributed by atoms with van der Waals surface area (Å²) in [6, 6.07) is 2.59. The number of nitrogens with one attached hydrogen (secondary N) is 1. The molecule has 0 amide bonds. The average molecular weight is 360 g/mol. The summed E-state index contributed by atoms with van der Waals surface area (Å²) in [6.07, 6.45) is 0.907. The normalized spacial score (nSPS) is 12.5. The van der Waals surface area contributed by atoms with Crippen LogP contribution >= 0.6 is 11.6 Å². The number of sulfonamides is 1. The molecule has 0 unspecified atom stereocenters. The Morgan fingerprint density at radius 1 is 1.24 bits per heavy atom. The summed E-state index contributed by atoms with van der Waals surface area (Å²) in [5.74, 6) is -0.755. The molecule has 1 aromatic rings. The van der Waals surface area contributed by atoms with E-state index in [1.807, 2.05) is 0 Å². The number of rotatable bonds is 8. The first-order valence-electron chi connectivity index (χ1n) is 5.81. The SMILES string of the molecule is CS(=O)(=O)c1ccc(F)c(S(=O)(=O)NCCOCCCl)c1. The summed E-state index contributed by atoms with van der Waals surface area (Å²) in [5, 5.41) is 0. The first kappa shape index (κ1) is 18.3. The smallest absolute Gasteiger partial charge is 0.243 e. The highest BCUT2D eigenvalue weighted by Crippen LogP contribution is 2.19. The number of halogens is 2. The zero-order valence-corrected chi connectivity index (χ0v) is 13.6. The van der Waals surface area contributed by atoms with Crippen molar-refractivity contribution in [3.8, 4) is 0 Å². The quantitative estimate of drug-likeness (QED) is 0.420. The molecule has 0 atom stereocenters. The van der Waals surface area contributed by atoms with E-state index >= 15 is 0 Å². The van der Waals surface area contributed by atoms with Crippen LogP contribution < -0.4 is 4.72 Å². The van der Waals surface area contributed by atoms with Gasteiger partial charge in [-0.1, -0.05) is 0 Å². The van der Waals surface area contributed by atoms with Gasteiger partial charge in [-0.2, -0.15) is 0 Å². The monoisotopic (exact) mass is 359 g/mol. The predicted molar refractivity (Wildman–Crippen MR) is 76.2 cm³/mol. The Balaban J connectivity index is 2.92. The van der Waals surface area contributed by atoms with Gasteiger partial charge in [-0.3, -0.25) is 0 Å². The van der Waals surface area contributed by atoms with E-state index in [9.17, 15) is 21.2 Å². The Hall–Kier alpha value is -0.740. The first-order valence-corrected chi connectivity index (χ1v) is 9.72. The molecule has 0 aliphatic rings. The Kier molecular flexibility index (Phi) is 6.54. The third kappa shape index (κ3) is 5.51. The zero-order valence-electron chi connectivity index (χ0n) is 11.2. The van der Waals surface area contributed by atoms with Crippen LogP contribution in [0.4, 0.5) is 4.39 Å². The maximum atomic E-state index is 13.6. The average Bonchev–Trinajstić information content (AvgIpc) is 2.37. The fourth-order valence-electron chi connectivity index (χ4n) is 1.40. The molecule has 6 nitrogen and oxygen atoms in total. The summed E-state index contributed by atoms with van der Waals surface area (Å²) in [4.78, 5) is -0.995. The fourth-order valence-corrected chi connectivity index (χ4v) is 3.35. The second-order valence-electron chi connectivity index (χ2n) is 4.06. The second-order valence-corrected chi connectivity index (χ2v) is 8.19. The molecule has 0 aromatic heterocycles. The lowest BCUT2D eigenvalue weighted by atomic mass is 10.3. The standard InChI is InChI=1S/C11H15ClFNO5S2/c1-20(15,16)9-2-3-10(13)11(8-9)21(17,18)14-5-7-19-6-4-12/h2-3,8,14H,4-7H2,1H3. The Labute approximate surface area is 128 Å². The van der Waals surface area contributed by atoms with Gasteiger partial charge in [-0.15, -0.1) is 11.6 Å². The number of ether oxygens (including phenoxy) is 1. The lowest BCUT2D eigenvalue weighted by Crippen LogP contribution is -2.28. The molecule has 0 heterocycles. The van der Waals surface area contributed by atoms with Crippen LogP contribution in [0.3, 0.4) is 0 Å². The largest absolute Gasteiger partial charge is 0.379 e. The van der Waals surface area contributed by atoms with Crippen LogP contribution in [0.5, 0.6) is 0 Å². The van der Waals surface area contributed by atoms with E-state index in [0.29, 0.717) is 0 Å². The van der Waals surface area contributed by atoms with Crippen molar-refractivity contribution in [3.63, 3.8) is 0 Å². The van der Waals surface area contributed by atoms with Crippen molar-refractivity contribution in [1.29, 1.82) is 0 Å². The molecule has 120 valence electrons. The van der Waals surface area contributed by atoms with Gasteiger partial charge in [0.2, 0.25) is 10.0 Å². The van der Waals surface area contributed by atoms with Crippen LogP contribution in [0.25, 0.3) is 0 Å². The number of benzene rings is 1. The Morgan fingerprint density at radius 2 is 1.90 bits per heavy atom. The lowest BCUT2D eigenvalue weighted by Gasteiger charge is -2.09. The van der Waals surface area contributed by atoms with Crippen LogP contribution in [0.2, 0.25) is 0 Å². The predicted octanol–water partition coefficient (Wildman–Crippen LogP) is 0.763. The van der Waals surface area contributed by atoms with Crippen LogP contribution in [-0.2, 0) is 24.6 Å². The van der Waals surface area contributed by atoms with Crippen molar-refractivity contribution in [3.05, 3.63) is 24.0 Å². The van der Waals surface area contributed by atoms with Gasteiger partial charge in [0.05, 0.1) is 18.1 Å². The molecular formula is C11H15ClFNO5S2. The van der Waals surface area contributed by atoms with Gasteiger partial charge in [0.15, 0.2) is 9.84 Å². The second kappa shape index (κ2) is 7.50. The van der Waals surface area contributed by atoms with E-state index in [2.05, 4.69) is 4.72 Å². The van der Waals surface area contributed by atoms with Crippen molar-refractivity contribution < 1.29 is 26.0 Å². The number of alkyl halides is 1. The molecule has 0 bridgehead atoms. The molecule has 0 spiro atoms. The minimum Gasteiger partial charge on any atom is -0.379 e. The third-order valence-electron chi connectivity index (χ3n) is 2.38. The molecule has 0 saturated heterocycles. The molecule has 0 saturated carbocycles. The molecule has 0 aliphatic carbocycles. The minimum atomic E-state index is -4.16. The van der Waals surface area contributed by atoms with E-state index in [-0.39, 0.29) is 30.5 Å². The van der Waals surface area contributed by atoms with Crippen molar-refractivity contribution in [2.45, 2.75) is 9.79 Å². The number of sulfone groups is 1. The highest BCUT2D eigenvalue weighted by molar-refractivity contribution is 7.91. The molecule has 21 heavy (non-hydrogen) atoms. The zero-order chi connectivity index (χ0) is 16.1. The summed E-state index contributed by atoms with van der Waals surface area (Å²) in [7, 11) is -7.80. The third-order valence-corrected chi connectivity index (χ3v) is 5.12. The summed E-state index contributed by atoms with van der Waals surface area (Å²) >= 11 is 5.38. The Morgan fingerprint density at radius 3 is 2.48 bits per heavy atom. The van der Waals surface area contributed by atoms with E-state index in [1.54, 1.807) is 0 Å². The van der Waals surface area contributed by atoms with E-state index in [4.69, 9.17) is 16.3 Å². The summed E-state index contributed by atoms with van der Waals surface area (Å²) < 4.78 is 67.4. The van der Waals surface area contributed by atoms with Crippen molar-refractivity contribution >= 4 is 31.5 Å². The van der Waals surface area contributed by atoms with Gasteiger partial charge in [0.25, 0.3) is 0 Å². The number of hydrogen-bond acceptors (Lipinski definition) is 5. The highest BCUT2D eigenvalue weighted by Gasteiger charge is 2.21. The highest BCUT2D eigenvalue weighted by atomic mass is 35.5. The van der Waals surface area contributed by atoms with Gasteiger partial charge < -0.3 is 4.74 Å². The van der Waals surface area contributed by atoms with Gasteiger partial charge in [0, 0.05) is 18.7 Å². The lowest BCUT2D eigenvalue weighted by molar-refractivity contribution is 0.155. The minimum absolute atomic E-state index is 0.0688. The fraction of sp³-hybridized carbons (Fsp3) is 0.455. The molecule has 1 rings (SSSR count). The van der Waals surface area contributed by atoms with Gasteiger partial charge in [-0.25, -0.2) is 25.9 Å². The molecule has 10 heteroatoms. The summed E-state index contributed by atoms with van der Waals surface area (Å²) in [5.41, 5.74) is 0. The van der Waals surface area contributed by atoms with Crippen LogP contribution in [0.15, 0.2) is 28.0 Å². The van der Waals surface area contributed by atoms with Crippen LogP contribution in [0, 0.1) is 5.82 Å². The first-order chi connectivity index (χ1) is 9.68. The van der Waals surface area contributed by atoms with Gasteiger partial charge in [0.1, 0.15) is 10.7 Å². The molecule has 0 aliphatic heterocycles. The van der Waals surface area contributed by atoms with Crippen molar-refractivity contribution in [2.75, 3.05) is 31.9 Å². The summed E-state index contributed by atoms with van der Waals surface area (Å²) in [6.45, 7) is 0.252. The number of hydrogen-bond donors (Lipinski definition) is 1. The molecular weight excluding hydrogens is 345 g/mol. The van der Waals surface area contributed by atoms with Crippen LogP contribution in [0.1, 0.15) is 0 Å². The molecule has 0 radical (unpaired) electrons. The van der Waals surface area contributed by atoms with Gasteiger partial charge in [-0.05, 0) is 18.2 Å². The van der Waals surface area contributed by atoms with E-state index in [0.717, 1.165) is 24.5 Å². The van der Waals surface area contributed by atoms with Gasteiger partial charge >= 0.3 is 0 Å². The Bertz CT molecular complexity index is 691. The van der Waals surface area contributed by atoms with Crippen molar-refractivity contribution in [2.24, 2.45) is 0 Å². The maximum Gasteiger partial charge on any atom is 0.243 e. The topological polar surface area (TPSA) is 89.5 Å². The maximum absolute atomic E-state index is 13.6.